The molecule has 2 aliphatic rings. The summed E-state index contributed by atoms with van der Waals surface area (Å²) in [5.74, 6) is 0.770. The summed E-state index contributed by atoms with van der Waals surface area (Å²) >= 11 is 1.79. The molecule has 2 aromatic rings. The van der Waals surface area contributed by atoms with Crippen LogP contribution >= 0.6 is 11.3 Å². The molecule has 4 rings (SSSR count). The van der Waals surface area contributed by atoms with E-state index in [2.05, 4.69) is 36.4 Å². The first kappa shape index (κ1) is 15.8. The Hall–Kier alpha value is -1.75. The molecule has 0 unspecified atom stereocenters. The number of fused-ring (bicyclic) bond motifs is 3. The van der Waals surface area contributed by atoms with Crippen molar-refractivity contribution in [2.45, 2.75) is 52.6 Å². The normalized spacial score (nSPS) is 23.2. The molecule has 0 saturated carbocycles. The molecular formula is C19H25N3OS. The zero-order valence-corrected chi connectivity index (χ0v) is 15.3. The molecule has 1 amide bonds. The second-order valence-corrected chi connectivity index (χ2v) is 8.77. The molecule has 0 radical (unpaired) electrons. The minimum Gasteiger partial charge on any atom is -0.362 e. The fraction of sp³-hybridized carbons (Fsp3) is 0.526. The van der Waals surface area contributed by atoms with Crippen LogP contribution in [-0.2, 0) is 12.8 Å². The maximum absolute atomic E-state index is 12.7. The summed E-state index contributed by atoms with van der Waals surface area (Å²) in [4.78, 5) is 17.3. The van der Waals surface area contributed by atoms with Crippen molar-refractivity contribution in [1.29, 1.82) is 0 Å². The van der Waals surface area contributed by atoms with Crippen LogP contribution in [0.5, 0.6) is 0 Å². The van der Waals surface area contributed by atoms with Gasteiger partial charge < -0.3 is 15.6 Å². The van der Waals surface area contributed by atoms with Gasteiger partial charge in [-0.25, -0.2) is 0 Å². The largest absolute Gasteiger partial charge is 0.362 e. The van der Waals surface area contributed by atoms with E-state index in [1.54, 1.807) is 11.3 Å². The second kappa shape index (κ2) is 5.66. The van der Waals surface area contributed by atoms with Crippen LogP contribution in [0.4, 0.5) is 5.00 Å². The molecule has 128 valence electrons. The fourth-order valence-electron chi connectivity index (χ4n) is 3.93. The Labute approximate surface area is 147 Å². The van der Waals surface area contributed by atoms with E-state index in [4.69, 9.17) is 0 Å². The molecule has 0 bridgehead atoms. The Morgan fingerprint density at radius 1 is 1.33 bits per heavy atom. The van der Waals surface area contributed by atoms with E-state index < -0.39 is 0 Å². The van der Waals surface area contributed by atoms with Crippen LogP contribution < -0.4 is 10.6 Å². The summed E-state index contributed by atoms with van der Waals surface area (Å²) in [6.07, 6.45) is 6.24. The molecule has 2 aromatic heterocycles. The summed E-state index contributed by atoms with van der Waals surface area (Å²) in [6.45, 7) is 7.04. The molecule has 0 aromatic carbocycles. The fourth-order valence-corrected chi connectivity index (χ4v) is 5.29. The van der Waals surface area contributed by atoms with E-state index in [1.807, 2.05) is 18.3 Å². The summed E-state index contributed by atoms with van der Waals surface area (Å²) < 4.78 is 0. The lowest BCUT2D eigenvalue weighted by molar-refractivity contribution is 0.0934. The molecule has 5 heteroatoms. The highest BCUT2D eigenvalue weighted by Crippen LogP contribution is 2.46. The molecule has 0 spiro atoms. The summed E-state index contributed by atoms with van der Waals surface area (Å²) in [7, 11) is 0. The molecule has 1 aliphatic heterocycles. The number of hydrogen-bond donors (Lipinski definition) is 3. The van der Waals surface area contributed by atoms with Gasteiger partial charge in [0, 0.05) is 11.1 Å². The highest BCUT2D eigenvalue weighted by atomic mass is 32.1. The first-order valence-corrected chi connectivity index (χ1v) is 9.66. The van der Waals surface area contributed by atoms with Gasteiger partial charge in [0.05, 0.1) is 11.3 Å². The number of carbonyl (C=O) groups is 1. The van der Waals surface area contributed by atoms with Crippen molar-refractivity contribution >= 4 is 22.2 Å². The van der Waals surface area contributed by atoms with Crippen LogP contribution in [-0.4, -0.2) is 10.9 Å². The van der Waals surface area contributed by atoms with Gasteiger partial charge in [0.15, 0.2) is 0 Å². The maximum atomic E-state index is 12.7. The van der Waals surface area contributed by atoms with E-state index in [1.165, 1.54) is 23.3 Å². The van der Waals surface area contributed by atoms with Gasteiger partial charge in [0.2, 0.25) is 0 Å². The zero-order valence-electron chi connectivity index (χ0n) is 14.5. The molecule has 24 heavy (non-hydrogen) atoms. The first-order chi connectivity index (χ1) is 11.5. The van der Waals surface area contributed by atoms with E-state index in [0.29, 0.717) is 11.3 Å². The number of amides is 1. The maximum Gasteiger partial charge on any atom is 0.256 e. The monoisotopic (exact) mass is 343 g/mol. The van der Waals surface area contributed by atoms with Crippen molar-refractivity contribution in [2.75, 3.05) is 5.32 Å². The highest BCUT2D eigenvalue weighted by Gasteiger charge is 2.37. The zero-order chi connectivity index (χ0) is 16.9. The molecule has 3 N–H and O–H groups in total. The van der Waals surface area contributed by atoms with Crippen LogP contribution in [0, 0.1) is 11.3 Å². The number of thiophene rings is 1. The predicted molar refractivity (Wildman–Crippen MR) is 98.5 cm³/mol. The van der Waals surface area contributed by atoms with Crippen LogP contribution in [0.1, 0.15) is 66.3 Å². The van der Waals surface area contributed by atoms with Crippen LogP contribution in [0.15, 0.2) is 18.3 Å². The highest BCUT2D eigenvalue weighted by molar-refractivity contribution is 7.16. The van der Waals surface area contributed by atoms with Crippen molar-refractivity contribution in [2.24, 2.45) is 11.3 Å². The van der Waals surface area contributed by atoms with Gasteiger partial charge in [-0.15, -0.1) is 11.3 Å². The number of nitrogens with one attached hydrogen (secondary N) is 3. The Morgan fingerprint density at radius 3 is 2.88 bits per heavy atom. The number of hydrogen-bond acceptors (Lipinski definition) is 3. The van der Waals surface area contributed by atoms with Crippen molar-refractivity contribution in [3.8, 4) is 0 Å². The van der Waals surface area contributed by atoms with Crippen molar-refractivity contribution in [1.82, 2.24) is 10.3 Å². The summed E-state index contributed by atoms with van der Waals surface area (Å²) in [5.41, 5.74) is 3.54. The number of anilines is 1. The lowest BCUT2D eigenvalue weighted by Crippen LogP contribution is -2.38. The van der Waals surface area contributed by atoms with Crippen molar-refractivity contribution < 1.29 is 4.79 Å². The van der Waals surface area contributed by atoms with E-state index in [-0.39, 0.29) is 12.1 Å². The standard InChI is InChI=1S/C19H25N3OS/c1-4-19(2,3)11-7-8-12-14(10-11)24-18-15(12)17(23)21-16(22-18)13-6-5-9-20-13/h5-6,9,11,16,20,22H,4,7-8,10H2,1-3H3,(H,21,23)/t11-,16+/m0/s1. The Bertz CT molecular complexity index is 760. The average Bonchev–Trinajstić information content (AvgIpc) is 3.21. The van der Waals surface area contributed by atoms with Gasteiger partial charge in [-0.1, -0.05) is 27.2 Å². The van der Waals surface area contributed by atoms with E-state index in [0.717, 1.165) is 29.1 Å². The number of aromatic amines is 1. The second-order valence-electron chi connectivity index (χ2n) is 7.67. The van der Waals surface area contributed by atoms with Crippen LogP contribution in [0.2, 0.25) is 0 Å². The molecule has 3 heterocycles. The lowest BCUT2D eigenvalue weighted by atomic mass is 9.69. The van der Waals surface area contributed by atoms with E-state index >= 15 is 0 Å². The number of rotatable bonds is 3. The molecule has 2 atom stereocenters. The summed E-state index contributed by atoms with van der Waals surface area (Å²) in [6, 6.07) is 3.95. The van der Waals surface area contributed by atoms with Crippen LogP contribution in [0.25, 0.3) is 0 Å². The Morgan fingerprint density at radius 2 is 2.17 bits per heavy atom. The molecule has 0 fully saturated rings. The SMILES string of the molecule is CCC(C)(C)[C@H]1CCc2c(sc3c2C(=O)N[C@@H](c2ccc[nH]2)N3)C1. The van der Waals surface area contributed by atoms with Gasteiger partial charge in [-0.2, -0.15) is 0 Å². The van der Waals surface area contributed by atoms with Gasteiger partial charge >= 0.3 is 0 Å². The Kier molecular flexibility index (Phi) is 3.71. The van der Waals surface area contributed by atoms with Gasteiger partial charge in [0.1, 0.15) is 11.2 Å². The minimum absolute atomic E-state index is 0.0639. The average molecular weight is 343 g/mol. The number of H-pyrrole nitrogens is 1. The molecule has 4 nitrogen and oxygen atoms in total. The third-order valence-corrected chi connectivity index (χ3v) is 7.18. The van der Waals surface area contributed by atoms with Gasteiger partial charge in [-0.05, 0) is 48.3 Å². The molecule has 0 saturated heterocycles. The lowest BCUT2D eigenvalue weighted by Gasteiger charge is -2.36. The number of aromatic nitrogens is 1. The molecule has 1 aliphatic carbocycles. The number of carbonyl (C=O) groups excluding carboxylic acids is 1. The van der Waals surface area contributed by atoms with Gasteiger partial charge in [-0.3, -0.25) is 4.79 Å². The third-order valence-electron chi connectivity index (χ3n) is 5.99. The predicted octanol–water partition coefficient (Wildman–Crippen LogP) is 4.47. The topological polar surface area (TPSA) is 56.9 Å². The molecular weight excluding hydrogens is 318 g/mol. The third kappa shape index (κ3) is 2.46. The smallest absolute Gasteiger partial charge is 0.256 e. The Balaban J connectivity index is 1.64. The van der Waals surface area contributed by atoms with Crippen molar-refractivity contribution in [3.63, 3.8) is 0 Å². The first-order valence-electron chi connectivity index (χ1n) is 8.85. The minimum atomic E-state index is -0.164. The van der Waals surface area contributed by atoms with Crippen molar-refractivity contribution in [3.05, 3.63) is 40.0 Å². The van der Waals surface area contributed by atoms with E-state index in [9.17, 15) is 4.79 Å². The van der Waals surface area contributed by atoms with Crippen LogP contribution in [0.3, 0.4) is 0 Å². The van der Waals surface area contributed by atoms with Gasteiger partial charge in [0.25, 0.3) is 5.91 Å². The summed E-state index contributed by atoms with van der Waals surface area (Å²) in [5, 5.41) is 7.64. The quantitative estimate of drug-likeness (QED) is 0.770.